The summed E-state index contributed by atoms with van der Waals surface area (Å²) in [6, 6.07) is 18.0. The predicted molar refractivity (Wildman–Crippen MR) is 114 cm³/mol. The van der Waals surface area contributed by atoms with E-state index in [1.165, 1.54) is 6.21 Å². The normalized spacial score (nSPS) is 10.8. The van der Waals surface area contributed by atoms with Crippen LogP contribution in [-0.4, -0.2) is 24.7 Å². The minimum atomic E-state index is -0.379. The van der Waals surface area contributed by atoms with Crippen LogP contribution in [0, 0.1) is 0 Å². The van der Waals surface area contributed by atoms with E-state index >= 15 is 0 Å². The van der Waals surface area contributed by atoms with E-state index in [1.807, 2.05) is 30.3 Å². The number of hydrazone groups is 1. The summed E-state index contributed by atoms with van der Waals surface area (Å²) in [7, 11) is 0. The minimum Gasteiger partial charge on any atom is -0.462 e. The third-order valence-corrected chi connectivity index (χ3v) is 4.47. The Morgan fingerprint density at radius 3 is 2.69 bits per heavy atom. The van der Waals surface area contributed by atoms with Crippen molar-refractivity contribution in [2.75, 3.05) is 6.61 Å². The van der Waals surface area contributed by atoms with Crippen LogP contribution in [0.4, 0.5) is 0 Å². The average Bonchev–Trinajstić information content (AvgIpc) is 3.19. The molecule has 0 aliphatic carbocycles. The molecule has 0 unspecified atom stereocenters. The van der Waals surface area contributed by atoms with Gasteiger partial charge in [-0.25, -0.2) is 10.2 Å². The molecule has 0 saturated carbocycles. The zero-order valence-corrected chi connectivity index (χ0v) is 17.3. The molecule has 0 spiro atoms. The first-order valence-corrected chi connectivity index (χ1v) is 9.78. The lowest BCUT2D eigenvalue weighted by atomic mass is 10.1. The van der Waals surface area contributed by atoms with Crippen molar-refractivity contribution in [3.63, 3.8) is 0 Å². The lowest BCUT2D eigenvalue weighted by Gasteiger charge is -2.03. The van der Waals surface area contributed by atoms with Crippen molar-refractivity contribution in [1.82, 2.24) is 5.43 Å². The van der Waals surface area contributed by atoms with Gasteiger partial charge in [-0.1, -0.05) is 40.2 Å². The number of amides is 1. The Morgan fingerprint density at radius 2 is 1.93 bits per heavy atom. The average molecular weight is 455 g/mol. The number of halogens is 1. The van der Waals surface area contributed by atoms with Crippen molar-refractivity contribution in [2.24, 2.45) is 5.10 Å². The second-order valence-electron chi connectivity index (χ2n) is 6.10. The first-order chi connectivity index (χ1) is 14.0. The number of rotatable bonds is 7. The molecule has 3 aromatic rings. The fourth-order valence-electron chi connectivity index (χ4n) is 2.59. The molecule has 0 aliphatic rings. The van der Waals surface area contributed by atoms with E-state index in [1.54, 1.807) is 37.3 Å². The van der Waals surface area contributed by atoms with E-state index in [0.717, 1.165) is 15.6 Å². The number of furan rings is 1. The molecule has 7 heteroatoms. The van der Waals surface area contributed by atoms with Gasteiger partial charge in [0.25, 0.3) is 0 Å². The van der Waals surface area contributed by atoms with Crippen molar-refractivity contribution in [3.8, 4) is 11.3 Å². The van der Waals surface area contributed by atoms with Crippen LogP contribution in [0.2, 0.25) is 0 Å². The number of nitrogens with one attached hydrogen (secondary N) is 1. The molecule has 0 radical (unpaired) electrons. The Morgan fingerprint density at radius 1 is 1.14 bits per heavy atom. The molecule has 1 N–H and O–H groups in total. The number of benzene rings is 2. The van der Waals surface area contributed by atoms with Crippen LogP contribution in [0.1, 0.15) is 28.6 Å². The molecule has 1 heterocycles. The maximum Gasteiger partial charge on any atom is 0.338 e. The molecule has 0 fully saturated rings. The van der Waals surface area contributed by atoms with E-state index in [0.29, 0.717) is 23.7 Å². The summed E-state index contributed by atoms with van der Waals surface area (Å²) in [6.45, 7) is 2.08. The molecule has 6 nitrogen and oxygen atoms in total. The van der Waals surface area contributed by atoms with Gasteiger partial charge < -0.3 is 9.15 Å². The summed E-state index contributed by atoms with van der Waals surface area (Å²) in [6.07, 6.45) is 1.66. The van der Waals surface area contributed by atoms with Gasteiger partial charge in [-0.2, -0.15) is 5.10 Å². The fraction of sp³-hybridized carbons (Fsp3) is 0.136. The molecule has 0 saturated heterocycles. The van der Waals surface area contributed by atoms with E-state index in [4.69, 9.17) is 9.15 Å². The number of carbonyl (C=O) groups is 2. The molecule has 3 rings (SSSR count). The van der Waals surface area contributed by atoms with E-state index in [9.17, 15) is 9.59 Å². The van der Waals surface area contributed by atoms with Gasteiger partial charge in [0.15, 0.2) is 0 Å². The van der Waals surface area contributed by atoms with E-state index in [2.05, 4.69) is 26.5 Å². The summed E-state index contributed by atoms with van der Waals surface area (Å²) in [5.41, 5.74) is 4.57. The van der Waals surface area contributed by atoms with E-state index in [-0.39, 0.29) is 18.3 Å². The van der Waals surface area contributed by atoms with Crippen molar-refractivity contribution in [3.05, 3.63) is 82.0 Å². The van der Waals surface area contributed by atoms with Gasteiger partial charge in [0, 0.05) is 10.0 Å². The Kier molecular flexibility index (Phi) is 6.97. The standard InChI is InChI=1S/C22H19BrN2O4/c1-2-28-22(27)17-5-3-4-16(13-17)20-11-10-19(29-20)14-24-25-21(26)12-15-6-8-18(23)9-7-15/h3-11,13-14H,2,12H2,1H3,(H,25,26)/b24-14+. The second kappa shape index (κ2) is 9.84. The maximum absolute atomic E-state index is 12.0. The molecular formula is C22H19BrN2O4. The highest BCUT2D eigenvalue weighted by Gasteiger charge is 2.10. The Hall–Kier alpha value is -3.19. The lowest BCUT2D eigenvalue weighted by Crippen LogP contribution is -2.19. The van der Waals surface area contributed by atoms with E-state index < -0.39 is 0 Å². The number of nitrogens with zero attached hydrogens (tertiary/aromatic N) is 1. The Balaban J connectivity index is 1.60. The summed E-state index contributed by atoms with van der Waals surface area (Å²) >= 11 is 3.36. The third-order valence-electron chi connectivity index (χ3n) is 3.94. The Labute approximate surface area is 176 Å². The number of hydrogen-bond donors (Lipinski definition) is 1. The topological polar surface area (TPSA) is 80.9 Å². The monoisotopic (exact) mass is 454 g/mol. The predicted octanol–water partition coefficient (Wildman–Crippen LogP) is 4.58. The van der Waals surface area contributed by atoms with Gasteiger partial charge >= 0.3 is 5.97 Å². The lowest BCUT2D eigenvalue weighted by molar-refractivity contribution is -0.120. The fourth-order valence-corrected chi connectivity index (χ4v) is 2.85. The van der Waals surface area contributed by atoms with Crippen molar-refractivity contribution in [1.29, 1.82) is 0 Å². The zero-order valence-electron chi connectivity index (χ0n) is 15.7. The molecule has 0 aliphatic heterocycles. The minimum absolute atomic E-state index is 0.225. The summed E-state index contributed by atoms with van der Waals surface area (Å²) in [5, 5.41) is 3.93. The molecule has 1 amide bonds. The maximum atomic E-state index is 12.0. The van der Waals surface area contributed by atoms with Crippen molar-refractivity contribution >= 4 is 34.0 Å². The van der Waals surface area contributed by atoms with Crippen LogP contribution in [0.3, 0.4) is 0 Å². The molecule has 148 valence electrons. The highest BCUT2D eigenvalue weighted by molar-refractivity contribution is 9.10. The van der Waals surface area contributed by atoms with Crippen LogP contribution >= 0.6 is 15.9 Å². The smallest absolute Gasteiger partial charge is 0.338 e. The molecule has 0 bridgehead atoms. The first-order valence-electron chi connectivity index (χ1n) is 8.99. The first kappa shape index (κ1) is 20.5. The Bertz CT molecular complexity index is 1030. The van der Waals surface area contributed by atoms with Gasteiger partial charge in [-0.15, -0.1) is 0 Å². The summed E-state index contributed by atoms with van der Waals surface area (Å²) in [4.78, 5) is 23.8. The SMILES string of the molecule is CCOC(=O)c1cccc(-c2ccc(/C=N/NC(=O)Cc3ccc(Br)cc3)o2)c1. The second-order valence-corrected chi connectivity index (χ2v) is 7.02. The summed E-state index contributed by atoms with van der Waals surface area (Å²) < 4.78 is 11.7. The van der Waals surface area contributed by atoms with Gasteiger partial charge in [0.05, 0.1) is 24.8 Å². The number of esters is 1. The van der Waals surface area contributed by atoms with Crippen molar-refractivity contribution < 1.29 is 18.7 Å². The highest BCUT2D eigenvalue weighted by atomic mass is 79.9. The molecule has 2 aromatic carbocycles. The van der Waals surface area contributed by atoms with Gasteiger partial charge in [0.1, 0.15) is 11.5 Å². The van der Waals surface area contributed by atoms with Crippen LogP contribution in [-0.2, 0) is 16.0 Å². The number of carbonyl (C=O) groups excluding carboxylic acids is 2. The third kappa shape index (κ3) is 5.89. The van der Waals surface area contributed by atoms with Crippen LogP contribution in [0.5, 0.6) is 0 Å². The molecular weight excluding hydrogens is 436 g/mol. The highest BCUT2D eigenvalue weighted by Crippen LogP contribution is 2.23. The largest absolute Gasteiger partial charge is 0.462 e. The molecule has 0 atom stereocenters. The summed E-state index contributed by atoms with van der Waals surface area (Å²) in [5.74, 6) is 0.456. The quantitative estimate of drug-likeness (QED) is 0.321. The van der Waals surface area contributed by atoms with Gasteiger partial charge in [-0.05, 0) is 48.9 Å². The van der Waals surface area contributed by atoms with Crippen LogP contribution in [0.15, 0.2) is 74.7 Å². The van der Waals surface area contributed by atoms with Crippen LogP contribution in [0.25, 0.3) is 11.3 Å². The van der Waals surface area contributed by atoms with Crippen molar-refractivity contribution in [2.45, 2.75) is 13.3 Å². The van der Waals surface area contributed by atoms with Gasteiger partial charge in [-0.3, -0.25) is 4.79 Å². The van der Waals surface area contributed by atoms with Gasteiger partial charge in [0.2, 0.25) is 5.91 Å². The molecule has 29 heavy (non-hydrogen) atoms. The zero-order chi connectivity index (χ0) is 20.6. The number of hydrogen-bond acceptors (Lipinski definition) is 5. The number of ether oxygens (including phenoxy) is 1. The van der Waals surface area contributed by atoms with Crippen LogP contribution < -0.4 is 5.43 Å². The molecule has 1 aromatic heterocycles.